The van der Waals surface area contributed by atoms with E-state index >= 15 is 0 Å². The van der Waals surface area contributed by atoms with Crippen molar-refractivity contribution < 1.29 is 9.53 Å². The van der Waals surface area contributed by atoms with Crippen molar-refractivity contribution in [3.8, 4) is 0 Å². The van der Waals surface area contributed by atoms with E-state index in [1.807, 2.05) is 31.2 Å². The summed E-state index contributed by atoms with van der Waals surface area (Å²) in [6.07, 6.45) is 2.28. The fourth-order valence-corrected chi connectivity index (χ4v) is 2.50. The second-order valence-corrected chi connectivity index (χ2v) is 5.19. The lowest BCUT2D eigenvalue weighted by Crippen LogP contribution is -2.32. The second-order valence-electron chi connectivity index (χ2n) is 5.19. The molecule has 3 rings (SSSR count). The zero-order valence-corrected chi connectivity index (χ0v) is 11.6. The van der Waals surface area contributed by atoms with Crippen molar-refractivity contribution in [3.63, 3.8) is 0 Å². The number of carbonyl (C=O) groups excluding carboxylic acids is 1. The van der Waals surface area contributed by atoms with E-state index in [-0.39, 0.29) is 12.0 Å². The van der Waals surface area contributed by atoms with Gasteiger partial charge in [0.25, 0.3) is 0 Å². The molecule has 0 amide bonds. The number of hydrogen-bond acceptors (Lipinski definition) is 3. The predicted octanol–water partition coefficient (Wildman–Crippen LogP) is 3.20. The summed E-state index contributed by atoms with van der Waals surface area (Å²) in [4.78, 5) is 12.3. The van der Waals surface area contributed by atoms with Crippen molar-refractivity contribution in [1.82, 2.24) is 5.32 Å². The molecule has 0 spiro atoms. The number of nitrogens with one attached hydrogen (secondary N) is 1. The van der Waals surface area contributed by atoms with E-state index in [4.69, 9.17) is 4.74 Å². The zero-order chi connectivity index (χ0) is 13.9. The Balaban J connectivity index is 2.01. The fraction of sp³-hybridized carbons (Fsp3) is 0.353. The maximum atomic E-state index is 12.3. The van der Waals surface area contributed by atoms with Crippen molar-refractivity contribution in [2.45, 2.75) is 31.8 Å². The van der Waals surface area contributed by atoms with Crippen LogP contribution in [-0.4, -0.2) is 18.6 Å². The number of hydrogen-bond donors (Lipinski definition) is 1. The minimum Gasteiger partial charge on any atom is -0.465 e. The van der Waals surface area contributed by atoms with Crippen LogP contribution in [0.4, 0.5) is 0 Å². The molecule has 0 saturated heterocycles. The second kappa shape index (κ2) is 5.63. The summed E-state index contributed by atoms with van der Waals surface area (Å²) in [5.41, 5.74) is 1.01. The molecule has 0 aromatic heterocycles. The number of carbonyl (C=O) groups is 1. The molecule has 1 unspecified atom stereocenters. The molecular formula is C17H19NO2. The maximum Gasteiger partial charge on any atom is 0.327 e. The lowest BCUT2D eigenvalue weighted by atomic mass is 9.98. The van der Waals surface area contributed by atoms with Gasteiger partial charge < -0.3 is 4.74 Å². The number of esters is 1. The molecule has 1 fully saturated rings. The highest BCUT2D eigenvalue weighted by atomic mass is 16.5. The van der Waals surface area contributed by atoms with Crippen molar-refractivity contribution >= 4 is 16.7 Å². The molecule has 2 aromatic rings. The van der Waals surface area contributed by atoms with Gasteiger partial charge in [0.05, 0.1) is 6.61 Å². The van der Waals surface area contributed by atoms with Gasteiger partial charge in [0, 0.05) is 6.04 Å². The molecule has 0 heterocycles. The van der Waals surface area contributed by atoms with Gasteiger partial charge in [-0.25, -0.2) is 4.79 Å². The molecule has 1 saturated carbocycles. The maximum absolute atomic E-state index is 12.3. The lowest BCUT2D eigenvalue weighted by molar-refractivity contribution is -0.145. The molecule has 3 nitrogen and oxygen atoms in total. The highest BCUT2D eigenvalue weighted by Crippen LogP contribution is 2.29. The van der Waals surface area contributed by atoms with Gasteiger partial charge >= 0.3 is 5.97 Å². The average molecular weight is 269 g/mol. The van der Waals surface area contributed by atoms with Gasteiger partial charge in [-0.05, 0) is 36.1 Å². The van der Waals surface area contributed by atoms with Gasteiger partial charge in [-0.15, -0.1) is 0 Å². The van der Waals surface area contributed by atoms with E-state index in [2.05, 4.69) is 23.5 Å². The summed E-state index contributed by atoms with van der Waals surface area (Å²) >= 11 is 0. The largest absolute Gasteiger partial charge is 0.465 e. The van der Waals surface area contributed by atoms with Crippen molar-refractivity contribution in [3.05, 3.63) is 48.0 Å². The molecule has 20 heavy (non-hydrogen) atoms. The highest BCUT2D eigenvalue weighted by molar-refractivity contribution is 5.91. The first-order valence-corrected chi connectivity index (χ1v) is 7.20. The Morgan fingerprint density at radius 3 is 2.75 bits per heavy atom. The first kappa shape index (κ1) is 13.1. The minimum absolute atomic E-state index is 0.184. The topological polar surface area (TPSA) is 38.3 Å². The Labute approximate surface area is 118 Å². The van der Waals surface area contributed by atoms with E-state index < -0.39 is 0 Å². The molecule has 1 aliphatic rings. The monoisotopic (exact) mass is 269 g/mol. The summed E-state index contributed by atoms with van der Waals surface area (Å²) in [5.74, 6) is -0.184. The number of rotatable bonds is 5. The van der Waals surface area contributed by atoms with Crippen LogP contribution < -0.4 is 5.32 Å². The highest BCUT2D eigenvalue weighted by Gasteiger charge is 2.31. The average Bonchev–Trinajstić information content (AvgIpc) is 3.28. The summed E-state index contributed by atoms with van der Waals surface area (Å²) in [7, 11) is 0. The van der Waals surface area contributed by atoms with Crippen LogP contribution in [0, 0.1) is 0 Å². The van der Waals surface area contributed by atoms with Crippen LogP contribution in [0.2, 0.25) is 0 Å². The smallest absolute Gasteiger partial charge is 0.327 e. The van der Waals surface area contributed by atoms with Gasteiger partial charge in [0.2, 0.25) is 0 Å². The molecular weight excluding hydrogens is 250 g/mol. The predicted molar refractivity (Wildman–Crippen MR) is 79.5 cm³/mol. The third kappa shape index (κ3) is 2.68. The standard InChI is InChI=1S/C17H19NO2/c1-2-20-17(19)16(18-13-10-11-13)15-9-5-7-12-6-3-4-8-14(12)15/h3-9,13,16,18H,2,10-11H2,1H3. The van der Waals surface area contributed by atoms with Crippen LogP contribution in [0.5, 0.6) is 0 Å². The number of benzene rings is 2. The normalized spacial score (nSPS) is 16.1. The molecule has 0 radical (unpaired) electrons. The van der Waals surface area contributed by atoms with Crippen LogP contribution in [0.25, 0.3) is 10.8 Å². The Morgan fingerprint density at radius 2 is 2.00 bits per heavy atom. The van der Waals surface area contributed by atoms with Gasteiger partial charge in [-0.3, -0.25) is 5.32 Å². The molecule has 104 valence electrons. The van der Waals surface area contributed by atoms with Crippen LogP contribution in [0.1, 0.15) is 31.4 Å². The Bertz CT molecular complexity index is 614. The van der Waals surface area contributed by atoms with Gasteiger partial charge in [-0.1, -0.05) is 42.5 Å². The third-order valence-electron chi connectivity index (χ3n) is 3.64. The van der Waals surface area contributed by atoms with E-state index in [1.54, 1.807) is 0 Å². The van der Waals surface area contributed by atoms with Crippen molar-refractivity contribution in [2.24, 2.45) is 0 Å². The first-order chi connectivity index (χ1) is 9.79. The molecule has 1 atom stereocenters. The molecule has 1 aliphatic carbocycles. The van der Waals surface area contributed by atoms with Gasteiger partial charge in [0.1, 0.15) is 6.04 Å². The van der Waals surface area contributed by atoms with Crippen LogP contribution >= 0.6 is 0 Å². The first-order valence-electron chi connectivity index (χ1n) is 7.20. The minimum atomic E-state index is -0.367. The van der Waals surface area contributed by atoms with Crippen molar-refractivity contribution in [1.29, 1.82) is 0 Å². The van der Waals surface area contributed by atoms with Crippen molar-refractivity contribution in [2.75, 3.05) is 6.61 Å². The molecule has 0 aliphatic heterocycles. The summed E-state index contributed by atoms with van der Waals surface area (Å²) < 4.78 is 5.23. The lowest BCUT2D eigenvalue weighted by Gasteiger charge is -2.19. The molecule has 3 heteroatoms. The summed E-state index contributed by atoms with van der Waals surface area (Å²) in [6, 6.07) is 14.3. The van der Waals surface area contributed by atoms with E-state index in [1.165, 1.54) is 0 Å². The van der Waals surface area contributed by atoms with Crippen LogP contribution in [0.3, 0.4) is 0 Å². The van der Waals surface area contributed by atoms with Crippen LogP contribution in [-0.2, 0) is 9.53 Å². The fourth-order valence-electron chi connectivity index (χ4n) is 2.50. The number of ether oxygens (including phenoxy) is 1. The van der Waals surface area contributed by atoms with Gasteiger partial charge in [0.15, 0.2) is 0 Å². The van der Waals surface area contributed by atoms with E-state index in [9.17, 15) is 4.79 Å². The quantitative estimate of drug-likeness (QED) is 0.847. The summed E-state index contributed by atoms with van der Waals surface area (Å²) in [6.45, 7) is 2.25. The third-order valence-corrected chi connectivity index (χ3v) is 3.64. The van der Waals surface area contributed by atoms with E-state index in [0.717, 1.165) is 29.2 Å². The molecule has 1 N–H and O–H groups in total. The molecule has 0 bridgehead atoms. The zero-order valence-electron chi connectivity index (χ0n) is 11.6. The Kier molecular flexibility index (Phi) is 3.70. The Morgan fingerprint density at radius 1 is 1.25 bits per heavy atom. The Hall–Kier alpha value is -1.87. The van der Waals surface area contributed by atoms with Gasteiger partial charge in [-0.2, -0.15) is 0 Å². The van der Waals surface area contributed by atoms with E-state index in [0.29, 0.717) is 12.6 Å². The van der Waals surface area contributed by atoms with Crippen LogP contribution in [0.15, 0.2) is 42.5 Å². The SMILES string of the molecule is CCOC(=O)C(NC1CC1)c1cccc2ccccc12. The summed E-state index contributed by atoms with van der Waals surface area (Å²) in [5, 5.41) is 5.67. The number of fused-ring (bicyclic) bond motifs is 1. The molecule has 2 aromatic carbocycles.